The molecule has 0 fully saturated rings. The van der Waals surface area contributed by atoms with E-state index in [0.717, 1.165) is 27.8 Å². The first-order chi connectivity index (χ1) is 13.8. The van der Waals surface area contributed by atoms with Crippen molar-refractivity contribution in [1.29, 1.82) is 0 Å². The van der Waals surface area contributed by atoms with E-state index >= 15 is 0 Å². The van der Waals surface area contributed by atoms with Crippen molar-refractivity contribution in [1.82, 2.24) is 10.0 Å². The lowest BCUT2D eigenvalue weighted by molar-refractivity contribution is 0.0944. The lowest BCUT2D eigenvalue weighted by Crippen LogP contribution is -2.25. The van der Waals surface area contributed by atoms with Crippen LogP contribution < -0.4 is 10.0 Å². The van der Waals surface area contributed by atoms with Crippen LogP contribution in [0.15, 0.2) is 66.7 Å². The van der Waals surface area contributed by atoms with E-state index < -0.39 is 10.0 Å². The number of carbonyl (C=O) groups excluding carboxylic acids is 1. The van der Waals surface area contributed by atoms with Crippen molar-refractivity contribution in [2.24, 2.45) is 0 Å². The Morgan fingerprint density at radius 3 is 2.28 bits per heavy atom. The summed E-state index contributed by atoms with van der Waals surface area (Å²) in [4.78, 5) is 14.1. The lowest BCUT2D eigenvalue weighted by Gasteiger charge is -2.14. The summed E-state index contributed by atoms with van der Waals surface area (Å²) >= 11 is 1.38. The summed E-state index contributed by atoms with van der Waals surface area (Å²) in [6.45, 7) is 2.28. The zero-order valence-electron chi connectivity index (χ0n) is 16.4. The fraction of sp³-hybridized carbons (Fsp3) is 0.227. The fourth-order valence-electron chi connectivity index (χ4n) is 2.94. The van der Waals surface area contributed by atoms with Crippen LogP contribution in [0.3, 0.4) is 0 Å². The smallest absolute Gasteiger partial charge is 0.261 e. The molecule has 152 valence electrons. The van der Waals surface area contributed by atoms with Crippen molar-refractivity contribution < 1.29 is 13.2 Å². The summed E-state index contributed by atoms with van der Waals surface area (Å²) in [5, 5.41) is 3.03. The highest BCUT2D eigenvalue weighted by Gasteiger charge is 2.14. The first kappa shape index (κ1) is 21.2. The molecule has 7 heteroatoms. The Kier molecular flexibility index (Phi) is 6.84. The van der Waals surface area contributed by atoms with Crippen molar-refractivity contribution in [2.45, 2.75) is 19.4 Å². The van der Waals surface area contributed by atoms with Gasteiger partial charge in [-0.25, -0.2) is 13.1 Å². The summed E-state index contributed by atoms with van der Waals surface area (Å²) < 4.78 is 24.7. The van der Waals surface area contributed by atoms with Crippen LogP contribution in [0.2, 0.25) is 0 Å². The van der Waals surface area contributed by atoms with Gasteiger partial charge < -0.3 is 5.32 Å². The summed E-state index contributed by atoms with van der Waals surface area (Å²) in [7, 11) is -3.20. The molecule has 1 amide bonds. The molecular formula is C22H24N2O3S2. The van der Waals surface area contributed by atoms with Gasteiger partial charge in [-0.15, -0.1) is 11.3 Å². The van der Waals surface area contributed by atoms with E-state index in [-0.39, 0.29) is 11.9 Å². The van der Waals surface area contributed by atoms with Crippen LogP contribution in [0.1, 0.15) is 33.1 Å². The lowest BCUT2D eigenvalue weighted by atomic mass is 10.0. The second-order valence-corrected chi connectivity index (χ2v) is 9.87. The van der Waals surface area contributed by atoms with Gasteiger partial charge in [-0.05, 0) is 42.2 Å². The Balaban J connectivity index is 1.58. The van der Waals surface area contributed by atoms with E-state index in [9.17, 15) is 13.2 Å². The second kappa shape index (κ2) is 9.35. The van der Waals surface area contributed by atoms with Gasteiger partial charge in [-0.3, -0.25) is 4.79 Å². The van der Waals surface area contributed by atoms with Gasteiger partial charge in [0.25, 0.3) is 5.91 Å². The summed E-state index contributed by atoms with van der Waals surface area (Å²) in [5.74, 6) is -0.128. The zero-order valence-corrected chi connectivity index (χ0v) is 18.0. The summed E-state index contributed by atoms with van der Waals surface area (Å²) in [5.41, 5.74) is 3.33. The molecule has 0 bridgehead atoms. The maximum absolute atomic E-state index is 12.6. The number of hydrogen-bond acceptors (Lipinski definition) is 4. The second-order valence-electron chi connectivity index (χ2n) is 6.87. The van der Waals surface area contributed by atoms with Crippen LogP contribution >= 0.6 is 11.3 Å². The normalized spacial score (nSPS) is 12.5. The van der Waals surface area contributed by atoms with Crippen LogP contribution in [0.5, 0.6) is 0 Å². The molecule has 2 N–H and O–H groups in total. The third-order valence-corrected chi connectivity index (χ3v) is 6.36. The molecule has 3 rings (SSSR count). The topological polar surface area (TPSA) is 75.3 Å². The van der Waals surface area contributed by atoms with Gasteiger partial charge in [0.1, 0.15) is 0 Å². The van der Waals surface area contributed by atoms with Gasteiger partial charge >= 0.3 is 0 Å². The third kappa shape index (κ3) is 6.25. The van der Waals surface area contributed by atoms with E-state index in [2.05, 4.69) is 34.3 Å². The molecule has 0 saturated carbocycles. The van der Waals surface area contributed by atoms with Crippen LogP contribution in [0.4, 0.5) is 0 Å². The van der Waals surface area contributed by atoms with E-state index in [1.807, 2.05) is 43.3 Å². The van der Waals surface area contributed by atoms with E-state index in [1.165, 1.54) is 11.3 Å². The van der Waals surface area contributed by atoms with Gasteiger partial charge in [-0.2, -0.15) is 0 Å². The molecule has 1 heterocycles. The fourth-order valence-corrected chi connectivity index (χ4v) is 4.32. The minimum Gasteiger partial charge on any atom is -0.345 e. The average molecular weight is 429 g/mol. The molecular weight excluding hydrogens is 404 g/mol. The third-order valence-electron chi connectivity index (χ3n) is 4.49. The standard InChI is InChI=1S/C22H24N2O3S2/c1-16(17-8-10-19(11-9-17)18-6-4-3-5-7-18)24-22(25)21-13-12-20(28-21)14-15-23-29(2,26)27/h3-13,16,23H,14-15H2,1-2H3,(H,24,25). The van der Waals surface area contributed by atoms with Gasteiger partial charge in [0.2, 0.25) is 10.0 Å². The van der Waals surface area contributed by atoms with Crippen LogP contribution in [-0.4, -0.2) is 27.1 Å². The van der Waals surface area contributed by atoms with Crippen LogP contribution in [-0.2, 0) is 16.4 Å². The predicted molar refractivity (Wildman–Crippen MR) is 119 cm³/mol. The number of benzene rings is 2. The molecule has 0 aliphatic heterocycles. The Bertz CT molecular complexity index is 1060. The monoisotopic (exact) mass is 428 g/mol. The summed E-state index contributed by atoms with van der Waals surface area (Å²) in [6, 6.07) is 21.9. The van der Waals surface area contributed by atoms with E-state index in [0.29, 0.717) is 17.8 Å². The first-order valence-electron chi connectivity index (χ1n) is 9.31. The molecule has 0 saturated heterocycles. The average Bonchev–Trinajstić information content (AvgIpc) is 3.17. The molecule has 3 aromatic rings. The Labute approximate surface area is 175 Å². The van der Waals surface area contributed by atoms with Gasteiger partial charge in [-0.1, -0.05) is 54.6 Å². The van der Waals surface area contributed by atoms with Crippen LogP contribution in [0.25, 0.3) is 11.1 Å². The van der Waals surface area contributed by atoms with Gasteiger partial charge in [0.15, 0.2) is 0 Å². The molecule has 2 aromatic carbocycles. The molecule has 0 radical (unpaired) electrons. The van der Waals surface area contributed by atoms with E-state index in [1.54, 1.807) is 6.07 Å². The molecule has 1 unspecified atom stereocenters. The highest BCUT2D eigenvalue weighted by Crippen LogP contribution is 2.23. The molecule has 1 atom stereocenters. The number of sulfonamides is 1. The minimum absolute atomic E-state index is 0.121. The quantitative estimate of drug-likeness (QED) is 0.569. The molecule has 0 aliphatic rings. The van der Waals surface area contributed by atoms with Crippen molar-refractivity contribution in [2.75, 3.05) is 12.8 Å². The molecule has 0 aliphatic carbocycles. The largest absolute Gasteiger partial charge is 0.345 e. The molecule has 5 nitrogen and oxygen atoms in total. The minimum atomic E-state index is -3.20. The summed E-state index contributed by atoms with van der Waals surface area (Å²) in [6.07, 6.45) is 1.69. The van der Waals surface area contributed by atoms with Crippen molar-refractivity contribution in [3.8, 4) is 11.1 Å². The van der Waals surface area contributed by atoms with Gasteiger partial charge in [0.05, 0.1) is 17.2 Å². The molecule has 1 aromatic heterocycles. The SMILES string of the molecule is CC(NC(=O)c1ccc(CCNS(C)(=O)=O)s1)c1ccc(-c2ccccc2)cc1. The Morgan fingerprint density at radius 2 is 1.62 bits per heavy atom. The van der Waals surface area contributed by atoms with Gasteiger partial charge in [0, 0.05) is 11.4 Å². The number of thiophene rings is 1. The highest BCUT2D eigenvalue weighted by molar-refractivity contribution is 7.88. The number of rotatable bonds is 8. The highest BCUT2D eigenvalue weighted by atomic mass is 32.2. The Morgan fingerprint density at radius 1 is 0.966 bits per heavy atom. The maximum atomic E-state index is 12.6. The first-order valence-corrected chi connectivity index (χ1v) is 12.0. The predicted octanol–water partition coefficient (Wildman–Crippen LogP) is 4.00. The Hall–Kier alpha value is -2.48. The number of carbonyl (C=O) groups is 1. The van der Waals surface area contributed by atoms with Crippen molar-refractivity contribution in [3.05, 3.63) is 82.0 Å². The number of hydrogen-bond donors (Lipinski definition) is 2. The van der Waals surface area contributed by atoms with E-state index in [4.69, 9.17) is 0 Å². The van der Waals surface area contributed by atoms with Crippen molar-refractivity contribution >= 4 is 27.3 Å². The number of nitrogens with one attached hydrogen (secondary N) is 2. The molecule has 0 spiro atoms. The zero-order chi connectivity index (χ0) is 20.9. The number of amides is 1. The maximum Gasteiger partial charge on any atom is 0.261 e. The van der Waals surface area contributed by atoms with Crippen LogP contribution in [0, 0.1) is 0 Å². The molecule has 29 heavy (non-hydrogen) atoms. The van der Waals surface area contributed by atoms with Crippen molar-refractivity contribution in [3.63, 3.8) is 0 Å².